The predicted molar refractivity (Wildman–Crippen MR) is 114 cm³/mol. The molecule has 0 fully saturated rings. The fourth-order valence-electron chi connectivity index (χ4n) is 3.58. The second-order valence-corrected chi connectivity index (χ2v) is 7.43. The van der Waals surface area contributed by atoms with E-state index < -0.39 is 0 Å². The van der Waals surface area contributed by atoms with E-state index in [9.17, 15) is 9.90 Å². The van der Waals surface area contributed by atoms with Crippen molar-refractivity contribution in [2.24, 2.45) is 0 Å². The standard InChI is InChI=1S/C25H34O2/c1-2-3-4-5-6-7-8-9-10-14-18-22-23(19-15-20-24(22)26)25(27)21-16-12-11-13-17-21/h11-13,15-17,19-20,26H,2-10,14,18H2,1H3. The van der Waals surface area contributed by atoms with E-state index in [0.29, 0.717) is 11.1 Å². The fourth-order valence-corrected chi connectivity index (χ4v) is 3.58. The summed E-state index contributed by atoms with van der Waals surface area (Å²) in [6.45, 7) is 2.25. The van der Waals surface area contributed by atoms with Crippen LogP contribution in [0.3, 0.4) is 0 Å². The number of phenolic OH excluding ortho intramolecular Hbond substituents is 1. The van der Waals surface area contributed by atoms with E-state index in [0.717, 1.165) is 24.8 Å². The van der Waals surface area contributed by atoms with Gasteiger partial charge in [-0.25, -0.2) is 0 Å². The second-order valence-electron chi connectivity index (χ2n) is 7.43. The van der Waals surface area contributed by atoms with Gasteiger partial charge in [0.15, 0.2) is 5.78 Å². The van der Waals surface area contributed by atoms with E-state index in [1.807, 2.05) is 36.4 Å². The Morgan fingerprint density at radius 1 is 0.741 bits per heavy atom. The molecule has 2 heteroatoms. The van der Waals surface area contributed by atoms with E-state index in [1.54, 1.807) is 12.1 Å². The lowest BCUT2D eigenvalue weighted by molar-refractivity contribution is 0.103. The SMILES string of the molecule is CCCCCCCCCCCCc1c(O)cccc1C(=O)c1ccccc1. The molecule has 2 rings (SSSR count). The van der Waals surface area contributed by atoms with Crippen LogP contribution in [0.4, 0.5) is 0 Å². The summed E-state index contributed by atoms with van der Waals surface area (Å²) in [4.78, 5) is 12.8. The molecule has 0 atom stereocenters. The smallest absolute Gasteiger partial charge is 0.193 e. The van der Waals surface area contributed by atoms with Gasteiger partial charge in [0, 0.05) is 16.7 Å². The number of ketones is 1. The van der Waals surface area contributed by atoms with Crippen LogP contribution in [-0.2, 0) is 6.42 Å². The number of phenols is 1. The van der Waals surface area contributed by atoms with Crippen LogP contribution in [0, 0.1) is 0 Å². The van der Waals surface area contributed by atoms with Crippen LogP contribution in [0.15, 0.2) is 48.5 Å². The Kier molecular flexibility index (Phi) is 9.68. The predicted octanol–water partition coefficient (Wildman–Crippen LogP) is 7.09. The van der Waals surface area contributed by atoms with Crippen molar-refractivity contribution >= 4 is 5.78 Å². The first-order chi connectivity index (χ1) is 13.2. The summed E-state index contributed by atoms with van der Waals surface area (Å²) in [6, 6.07) is 14.6. The van der Waals surface area contributed by atoms with Crippen molar-refractivity contribution in [3.8, 4) is 5.75 Å². The maximum absolute atomic E-state index is 12.8. The molecule has 0 spiro atoms. The van der Waals surface area contributed by atoms with Gasteiger partial charge in [-0.1, -0.05) is 107 Å². The Labute approximate surface area is 164 Å². The van der Waals surface area contributed by atoms with Crippen LogP contribution >= 0.6 is 0 Å². The summed E-state index contributed by atoms with van der Waals surface area (Å²) in [6.07, 6.45) is 13.6. The van der Waals surface area contributed by atoms with Gasteiger partial charge in [0.2, 0.25) is 0 Å². The molecule has 2 aromatic rings. The van der Waals surface area contributed by atoms with Crippen molar-refractivity contribution in [2.45, 2.75) is 77.6 Å². The van der Waals surface area contributed by atoms with E-state index in [1.165, 1.54) is 51.4 Å². The summed E-state index contributed by atoms with van der Waals surface area (Å²) < 4.78 is 0. The lowest BCUT2D eigenvalue weighted by Crippen LogP contribution is -2.06. The number of carbonyl (C=O) groups excluding carboxylic acids is 1. The molecular formula is C25H34O2. The molecule has 0 aliphatic carbocycles. The molecule has 0 radical (unpaired) electrons. The van der Waals surface area contributed by atoms with Crippen LogP contribution in [0.25, 0.3) is 0 Å². The maximum atomic E-state index is 12.8. The topological polar surface area (TPSA) is 37.3 Å². The van der Waals surface area contributed by atoms with E-state index in [4.69, 9.17) is 0 Å². The average molecular weight is 367 g/mol. The zero-order chi connectivity index (χ0) is 19.3. The number of hydrogen-bond donors (Lipinski definition) is 1. The van der Waals surface area contributed by atoms with Gasteiger partial charge in [0.05, 0.1) is 0 Å². The van der Waals surface area contributed by atoms with E-state index >= 15 is 0 Å². The minimum Gasteiger partial charge on any atom is -0.508 e. The molecule has 0 unspecified atom stereocenters. The van der Waals surface area contributed by atoms with Gasteiger partial charge in [-0.15, -0.1) is 0 Å². The second kappa shape index (κ2) is 12.3. The quantitative estimate of drug-likeness (QED) is 0.303. The molecule has 27 heavy (non-hydrogen) atoms. The third kappa shape index (κ3) is 7.21. The zero-order valence-electron chi connectivity index (χ0n) is 16.8. The highest BCUT2D eigenvalue weighted by atomic mass is 16.3. The monoisotopic (exact) mass is 366 g/mol. The van der Waals surface area contributed by atoms with Gasteiger partial charge in [-0.2, -0.15) is 0 Å². The van der Waals surface area contributed by atoms with Gasteiger partial charge < -0.3 is 5.11 Å². The Balaban J connectivity index is 1.79. The highest BCUT2D eigenvalue weighted by Gasteiger charge is 2.15. The Bertz CT molecular complexity index is 676. The number of benzene rings is 2. The molecule has 146 valence electrons. The maximum Gasteiger partial charge on any atom is 0.193 e. The van der Waals surface area contributed by atoms with Crippen LogP contribution in [-0.4, -0.2) is 10.9 Å². The van der Waals surface area contributed by atoms with Gasteiger partial charge in [-0.05, 0) is 18.9 Å². The van der Waals surface area contributed by atoms with Crippen LogP contribution < -0.4 is 0 Å². The molecule has 2 nitrogen and oxygen atoms in total. The largest absolute Gasteiger partial charge is 0.508 e. The lowest BCUT2D eigenvalue weighted by atomic mass is 9.94. The molecule has 0 saturated heterocycles. The van der Waals surface area contributed by atoms with Crippen LogP contribution in [0.5, 0.6) is 5.75 Å². The number of carbonyl (C=O) groups is 1. The van der Waals surface area contributed by atoms with Crippen molar-refractivity contribution in [3.05, 3.63) is 65.2 Å². The van der Waals surface area contributed by atoms with Crippen molar-refractivity contribution in [1.29, 1.82) is 0 Å². The summed E-state index contributed by atoms with van der Waals surface area (Å²) in [5.41, 5.74) is 2.11. The van der Waals surface area contributed by atoms with Crippen molar-refractivity contribution in [3.63, 3.8) is 0 Å². The summed E-state index contributed by atoms with van der Waals surface area (Å²) >= 11 is 0. The van der Waals surface area contributed by atoms with Gasteiger partial charge in [0.1, 0.15) is 5.75 Å². The molecule has 0 aliphatic rings. The first kappa shape index (κ1) is 21.2. The normalized spacial score (nSPS) is 10.9. The molecule has 0 bridgehead atoms. The van der Waals surface area contributed by atoms with Gasteiger partial charge in [-0.3, -0.25) is 4.79 Å². The third-order valence-corrected chi connectivity index (χ3v) is 5.21. The summed E-state index contributed by atoms with van der Waals surface area (Å²) in [5.74, 6) is 0.237. The number of unbranched alkanes of at least 4 members (excludes halogenated alkanes) is 9. The highest BCUT2D eigenvalue weighted by Crippen LogP contribution is 2.26. The minimum absolute atomic E-state index is 0.00595. The molecular weight excluding hydrogens is 332 g/mol. The molecule has 2 aromatic carbocycles. The Morgan fingerprint density at radius 2 is 1.33 bits per heavy atom. The molecule has 0 aromatic heterocycles. The molecule has 0 heterocycles. The minimum atomic E-state index is -0.00595. The number of hydrogen-bond acceptors (Lipinski definition) is 2. The number of rotatable bonds is 13. The average Bonchev–Trinajstić information content (AvgIpc) is 2.70. The highest BCUT2D eigenvalue weighted by molar-refractivity contribution is 6.10. The summed E-state index contributed by atoms with van der Waals surface area (Å²) in [5, 5.41) is 10.3. The molecule has 1 N–H and O–H groups in total. The number of aromatic hydroxyl groups is 1. The first-order valence-corrected chi connectivity index (χ1v) is 10.6. The van der Waals surface area contributed by atoms with Crippen molar-refractivity contribution in [1.82, 2.24) is 0 Å². The lowest BCUT2D eigenvalue weighted by Gasteiger charge is -2.11. The summed E-state index contributed by atoms with van der Waals surface area (Å²) in [7, 11) is 0. The Morgan fingerprint density at radius 3 is 1.96 bits per heavy atom. The third-order valence-electron chi connectivity index (χ3n) is 5.21. The fraction of sp³-hybridized carbons (Fsp3) is 0.480. The van der Waals surface area contributed by atoms with Crippen LogP contribution in [0.2, 0.25) is 0 Å². The van der Waals surface area contributed by atoms with Crippen molar-refractivity contribution in [2.75, 3.05) is 0 Å². The van der Waals surface area contributed by atoms with E-state index in [2.05, 4.69) is 6.92 Å². The van der Waals surface area contributed by atoms with E-state index in [-0.39, 0.29) is 11.5 Å². The van der Waals surface area contributed by atoms with Crippen LogP contribution in [0.1, 0.15) is 92.6 Å². The Hall–Kier alpha value is -2.09. The first-order valence-electron chi connectivity index (χ1n) is 10.6. The molecule has 0 amide bonds. The zero-order valence-corrected chi connectivity index (χ0v) is 16.8. The molecule has 0 aliphatic heterocycles. The van der Waals surface area contributed by atoms with Gasteiger partial charge in [0.25, 0.3) is 0 Å². The van der Waals surface area contributed by atoms with Crippen molar-refractivity contribution < 1.29 is 9.90 Å². The van der Waals surface area contributed by atoms with Gasteiger partial charge >= 0.3 is 0 Å². The molecule has 0 saturated carbocycles.